The van der Waals surface area contributed by atoms with Crippen LogP contribution in [0.5, 0.6) is 0 Å². The number of aryl methyl sites for hydroxylation is 1. The second kappa shape index (κ2) is 3.68. The number of rotatable bonds is 4. The quantitative estimate of drug-likeness (QED) is 0.795. The summed E-state index contributed by atoms with van der Waals surface area (Å²) in [5.74, 6) is 0.221. The summed E-state index contributed by atoms with van der Waals surface area (Å²) in [4.78, 5) is 17.5. The molecule has 0 bridgehead atoms. The summed E-state index contributed by atoms with van der Waals surface area (Å²) in [6.45, 7) is 4.59. The third-order valence-corrected chi connectivity index (χ3v) is 4.22. The molecule has 1 aliphatic rings. The van der Waals surface area contributed by atoms with E-state index in [1.165, 1.54) is 11.3 Å². The fourth-order valence-electron chi connectivity index (χ4n) is 1.56. The molecule has 4 heteroatoms. The summed E-state index contributed by atoms with van der Waals surface area (Å²) in [5, 5.41) is 0.677. The number of carbonyl (C=O) groups excluding carboxylic acids is 1. The monoisotopic (exact) mass is 224 g/mol. The van der Waals surface area contributed by atoms with Crippen molar-refractivity contribution in [2.45, 2.75) is 33.1 Å². The van der Waals surface area contributed by atoms with Gasteiger partial charge in [-0.15, -0.1) is 11.3 Å². The van der Waals surface area contributed by atoms with Crippen LogP contribution in [0.4, 0.5) is 0 Å². The maximum Gasteiger partial charge on any atom is 0.197 e. The van der Waals surface area contributed by atoms with E-state index in [1.807, 2.05) is 13.8 Å². The van der Waals surface area contributed by atoms with E-state index < -0.39 is 0 Å². The maximum atomic E-state index is 12.0. The summed E-state index contributed by atoms with van der Waals surface area (Å²) < 4.78 is 0. The van der Waals surface area contributed by atoms with Crippen molar-refractivity contribution < 1.29 is 4.79 Å². The Kier molecular flexibility index (Phi) is 2.64. The highest BCUT2D eigenvalue weighted by atomic mass is 32.1. The van der Waals surface area contributed by atoms with Gasteiger partial charge in [0.15, 0.2) is 10.8 Å². The van der Waals surface area contributed by atoms with Crippen molar-refractivity contribution in [1.29, 1.82) is 0 Å². The summed E-state index contributed by atoms with van der Waals surface area (Å²) in [7, 11) is 0. The number of nitrogens with zero attached hydrogens (tertiary/aromatic N) is 1. The summed E-state index contributed by atoms with van der Waals surface area (Å²) in [5.41, 5.74) is 6.37. The van der Waals surface area contributed by atoms with Crippen molar-refractivity contribution in [1.82, 2.24) is 4.98 Å². The van der Waals surface area contributed by atoms with Gasteiger partial charge in [0.1, 0.15) is 0 Å². The van der Waals surface area contributed by atoms with Gasteiger partial charge in [-0.2, -0.15) is 0 Å². The van der Waals surface area contributed by atoms with Gasteiger partial charge >= 0.3 is 0 Å². The minimum Gasteiger partial charge on any atom is -0.330 e. The second-order valence-electron chi connectivity index (χ2n) is 4.46. The van der Waals surface area contributed by atoms with Gasteiger partial charge in [0.2, 0.25) is 0 Å². The molecule has 2 N–H and O–H groups in total. The number of carbonyl (C=O) groups is 1. The molecule has 0 unspecified atom stereocenters. The molecular weight excluding hydrogens is 208 g/mol. The van der Waals surface area contributed by atoms with E-state index in [4.69, 9.17) is 5.73 Å². The van der Waals surface area contributed by atoms with Crippen LogP contribution in [-0.2, 0) is 6.42 Å². The molecule has 3 nitrogen and oxygen atoms in total. The molecule has 1 saturated carbocycles. The molecule has 1 aromatic heterocycles. The van der Waals surface area contributed by atoms with E-state index in [-0.39, 0.29) is 11.2 Å². The largest absolute Gasteiger partial charge is 0.330 e. The van der Waals surface area contributed by atoms with Crippen LogP contribution >= 0.6 is 11.3 Å². The number of hydrogen-bond donors (Lipinski definition) is 1. The molecule has 0 aromatic carbocycles. The van der Waals surface area contributed by atoms with Crippen molar-refractivity contribution in [2.24, 2.45) is 11.1 Å². The summed E-state index contributed by atoms with van der Waals surface area (Å²) >= 11 is 1.52. The fourth-order valence-corrected chi connectivity index (χ4v) is 2.73. The Morgan fingerprint density at radius 2 is 2.27 bits per heavy atom. The van der Waals surface area contributed by atoms with Gasteiger partial charge in [-0.3, -0.25) is 4.79 Å². The Morgan fingerprint density at radius 3 is 2.80 bits per heavy atom. The summed E-state index contributed by atoms with van der Waals surface area (Å²) in [6.07, 6.45) is 2.85. The van der Waals surface area contributed by atoms with Crippen LogP contribution < -0.4 is 5.73 Å². The lowest BCUT2D eigenvalue weighted by Gasteiger charge is -2.01. The fraction of sp³-hybridized carbons (Fsp3) is 0.636. The predicted octanol–water partition coefficient (Wildman–Crippen LogP) is 1.94. The van der Waals surface area contributed by atoms with E-state index in [9.17, 15) is 4.79 Å². The Labute approximate surface area is 93.7 Å². The van der Waals surface area contributed by atoms with Gasteiger partial charge in [0.05, 0.1) is 5.69 Å². The molecule has 2 rings (SSSR count). The zero-order valence-electron chi connectivity index (χ0n) is 9.17. The van der Waals surface area contributed by atoms with Crippen LogP contribution in [-0.4, -0.2) is 17.3 Å². The number of hydrogen-bond acceptors (Lipinski definition) is 4. The molecule has 0 atom stereocenters. The molecule has 1 fully saturated rings. The third kappa shape index (κ3) is 1.96. The first-order chi connectivity index (χ1) is 7.07. The molecular formula is C11H16N2OS. The molecule has 0 amide bonds. The van der Waals surface area contributed by atoms with E-state index in [1.54, 1.807) is 0 Å². The van der Waals surface area contributed by atoms with Crippen molar-refractivity contribution in [3.8, 4) is 0 Å². The molecule has 1 aliphatic carbocycles. The maximum absolute atomic E-state index is 12.0. The number of Topliss-reactive ketones (excluding diaryl/α,β-unsaturated/α-hetero) is 1. The normalized spacial score (nSPS) is 17.8. The van der Waals surface area contributed by atoms with E-state index in [2.05, 4.69) is 4.98 Å². The molecule has 1 aromatic rings. The minimum absolute atomic E-state index is 0.107. The number of aromatic nitrogens is 1. The van der Waals surface area contributed by atoms with Crippen LogP contribution in [0.2, 0.25) is 0 Å². The zero-order valence-corrected chi connectivity index (χ0v) is 9.99. The van der Waals surface area contributed by atoms with Crippen LogP contribution in [0.15, 0.2) is 0 Å². The van der Waals surface area contributed by atoms with Crippen LogP contribution in [0, 0.1) is 12.3 Å². The van der Waals surface area contributed by atoms with Crippen molar-refractivity contribution in [3.05, 3.63) is 15.6 Å². The van der Waals surface area contributed by atoms with Crippen LogP contribution in [0.3, 0.4) is 0 Å². The first-order valence-corrected chi connectivity index (χ1v) is 6.09. The van der Waals surface area contributed by atoms with Crippen molar-refractivity contribution in [2.75, 3.05) is 6.54 Å². The third-order valence-electron chi connectivity index (χ3n) is 3.01. The SMILES string of the molecule is Cc1nc(C(=O)C2(C)CC2)sc1CCN. The average molecular weight is 224 g/mol. The lowest BCUT2D eigenvalue weighted by molar-refractivity contribution is 0.0912. The standard InChI is InChI=1S/C11H16N2OS/c1-7-8(3-6-12)15-10(13-7)9(14)11(2)4-5-11/h3-6,12H2,1-2H3. The predicted molar refractivity (Wildman–Crippen MR) is 61.3 cm³/mol. The highest BCUT2D eigenvalue weighted by Crippen LogP contribution is 2.48. The topological polar surface area (TPSA) is 56.0 Å². The zero-order chi connectivity index (χ0) is 11.1. The smallest absolute Gasteiger partial charge is 0.197 e. The second-order valence-corrected chi connectivity index (χ2v) is 5.54. The average Bonchev–Trinajstić information content (AvgIpc) is 2.84. The van der Waals surface area contributed by atoms with Gasteiger partial charge in [0, 0.05) is 10.3 Å². The first kappa shape index (κ1) is 10.8. The van der Waals surface area contributed by atoms with Crippen molar-refractivity contribution >= 4 is 17.1 Å². The molecule has 15 heavy (non-hydrogen) atoms. The molecule has 0 spiro atoms. The molecule has 0 aliphatic heterocycles. The Balaban J connectivity index is 2.22. The lowest BCUT2D eigenvalue weighted by Crippen LogP contribution is -2.11. The summed E-state index contributed by atoms with van der Waals surface area (Å²) in [6, 6.07) is 0. The van der Waals surface area contributed by atoms with Gasteiger partial charge in [0.25, 0.3) is 0 Å². The minimum atomic E-state index is -0.107. The molecule has 1 heterocycles. The number of nitrogens with two attached hydrogens (primary N) is 1. The Morgan fingerprint density at radius 1 is 1.60 bits per heavy atom. The number of thiazole rings is 1. The van der Waals surface area contributed by atoms with Crippen molar-refractivity contribution in [3.63, 3.8) is 0 Å². The highest BCUT2D eigenvalue weighted by molar-refractivity contribution is 7.13. The van der Waals surface area contributed by atoms with Crippen LogP contribution in [0.25, 0.3) is 0 Å². The number of ketones is 1. The Hall–Kier alpha value is -0.740. The van der Waals surface area contributed by atoms with Crippen LogP contribution in [0.1, 0.15) is 40.1 Å². The van der Waals surface area contributed by atoms with Gasteiger partial charge in [-0.25, -0.2) is 4.98 Å². The van der Waals surface area contributed by atoms with E-state index in [0.717, 1.165) is 29.8 Å². The van der Waals surface area contributed by atoms with Gasteiger partial charge < -0.3 is 5.73 Å². The lowest BCUT2D eigenvalue weighted by atomic mass is 10.1. The van der Waals surface area contributed by atoms with E-state index in [0.29, 0.717) is 11.6 Å². The van der Waals surface area contributed by atoms with Gasteiger partial charge in [-0.1, -0.05) is 6.92 Å². The van der Waals surface area contributed by atoms with E-state index >= 15 is 0 Å². The van der Waals surface area contributed by atoms with Gasteiger partial charge in [-0.05, 0) is 32.7 Å². The molecule has 0 radical (unpaired) electrons. The molecule has 0 saturated heterocycles. The first-order valence-electron chi connectivity index (χ1n) is 5.28. The highest BCUT2D eigenvalue weighted by Gasteiger charge is 2.46. The molecule has 82 valence electrons. The Bertz CT molecular complexity index is 393.